The summed E-state index contributed by atoms with van der Waals surface area (Å²) in [5.74, 6) is 0.235. The number of aromatic nitrogens is 2. The van der Waals surface area contributed by atoms with Gasteiger partial charge in [-0.25, -0.2) is 9.97 Å². The van der Waals surface area contributed by atoms with Crippen molar-refractivity contribution in [3.05, 3.63) is 53.5 Å². The van der Waals surface area contributed by atoms with Crippen LogP contribution in [0, 0.1) is 11.3 Å². The van der Waals surface area contributed by atoms with Crippen LogP contribution in [-0.2, 0) is 17.8 Å². The second kappa shape index (κ2) is 11.2. The van der Waals surface area contributed by atoms with Gasteiger partial charge in [0.25, 0.3) is 5.91 Å². The van der Waals surface area contributed by atoms with Crippen LogP contribution in [0.2, 0.25) is 0 Å². The highest BCUT2D eigenvalue weighted by atomic mass is 16.3. The second-order valence-corrected chi connectivity index (χ2v) is 10.1. The molecule has 0 spiro atoms. The predicted octanol–water partition coefficient (Wildman–Crippen LogP) is 1.43. The number of benzene rings is 1. The quantitative estimate of drug-likeness (QED) is 0.628. The highest BCUT2D eigenvalue weighted by Gasteiger charge is 2.35. The van der Waals surface area contributed by atoms with Crippen LogP contribution in [0.15, 0.2) is 36.7 Å². The molecular formula is C27H33N7O3. The second-order valence-electron chi connectivity index (χ2n) is 10.1. The highest BCUT2D eigenvalue weighted by molar-refractivity contribution is 5.93. The Balaban J connectivity index is 1.15. The summed E-state index contributed by atoms with van der Waals surface area (Å²) in [6, 6.07) is 12.2. The predicted molar refractivity (Wildman–Crippen MR) is 136 cm³/mol. The molecule has 1 aromatic heterocycles. The van der Waals surface area contributed by atoms with Gasteiger partial charge in [0.05, 0.1) is 12.2 Å². The number of anilines is 1. The number of nitrogens with one attached hydrogen (secondary N) is 1. The van der Waals surface area contributed by atoms with Crippen LogP contribution in [0.1, 0.15) is 47.3 Å². The Morgan fingerprint density at radius 2 is 1.81 bits per heavy atom. The van der Waals surface area contributed by atoms with E-state index in [9.17, 15) is 14.7 Å². The largest absolute Gasteiger partial charge is 0.390 e. The van der Waals surface area contributed by atoms with Gasteiger partial charge in [-0.2, -0.15) is 5.26 Å². The maximum atomic E-state index is 13.2. The average molecular weight is 504 g/mol. The zero-order valence-electron chi connectivity index (χ0n) is 20.9. The topological polar surface area (TPSA) is 126 Å². The van der Waals surface area contributed by atoms with Gasteiger partial charge in [0.2, 0.25) is 5.91 Å². The smallest absolute Gasteiger partial charge is 0.272 e. The lowest BCUT2D eigenvalue weighted by molar-refractivity contribution is -0.131. The number of nitrogens with zero attached hydrogens (tertiary/aromatic N) is 6. The Morgan fingerprint density at radius 3 is 2.57 bits per heavy atom. The third-order valence-electron chi connectivity index (χ3n) is 7.78. The Bertz CT molecular complexity index is 1170. The first kappa shape index (κ1) is 25.1. The standard InChI is InChI=1S/C27H33N7O3/c28-10-5-26(36)32-12-7-21(8-13-32)31-25-15-22(29-18-30-25)27(37)34-14-9-23(24(35)17-34)33-11-6-19-3-1-2-4-20(19)16-33/h1-4,15,18,21,23-24,35H,5-9,11-14,16-17H2,(H,29,30,31). The summed E-state index contributed by atoms with van der Waals surface area (Å²) >= 11 is 0. The number of piperidine rings is 2. The van der Waals surface area contributed by atoms with E-state index in [1.807, 2.05) is 6.07 Å². The average Bonchev–Trinajstić information content (AvgIpc) is 2.93. The van der Waals surface area contributed by atoms with Crippen LogP contribution >= 0.6 is 0 Å². The first-order valence-electron chi connectivity index (χ1n) is 13.0. The van der Waals surface area contributed by atoms with Gasteiger partial charge in [-0.15, -0.1) is 0 Å². The Hall–Kier alpha value is -3.55. The Kier molecular flexibility index (Phi) is 7.63. The molecule has 4 heterocycles. The third kappa shape index (κ3) is 5.73. The summed E-state index contributed by atoms with van der Waals surface area (Å²) in [7, 11) is 0. The number of hydrogen-bond acceptors (Lipinski definition) is 8. The fraction of sp³-hybridized carbons (Fsp3) is 0.519. The SMILES string of the molecule is N#CCC(=O)N1CCC(Nc2cc(C(=O)N3CCC(N4CCc5ccccc5C4)C(O)C3)ncn2)CC1. The van der Waals surface area contributed by atoms with Crippen LogP contribution in [-0.4, -0.2) is 92.5 Å². The number of aliphatic hydroxyl groups excluding tert-OH is 1. The number of rotatable bonds is 5. The minimum atomic E-state index is -0.615. The molecule has 2 saturated heterocycles. The minimum absolute atomic E-state index is 0.0333. The molecule has 1 aromatic carbocycles. The van der Waals surface area contributed by atoms with Crippen LogP contribution in [0.3, 0.4) is 0 Å². The number of amides is 2. The number of nitriles is 1. The van der Waals surface area contributed by atoms with E-state index in [1.54, 1.807) is 15.9 Å². The fourth-order valence-electron chi connectivity index (χ4n) is 5.71. The van der Waals surface area contributed by atoms with E-state index >= 15 is 0 Å². The number of carbonyl (C=O) groups excluding carboxylic acids is 2. The molecular weight excluding hydrogens is 470 g/mol. The molecule has 2 unspecified atom stereocenters. The zero-order chi connectivity index (χ0) is 25.8. The molecule has 2 amide bonds. The molecule has 2 atom stereocenters. The van der Waals surface area contributed by atoms with Crippen molar-refractivity contribution in [2.24, 2.45) is 0 Å². The lowest BCUT2D eigenvalue weighted by Crippen LogP contribution is -2.56. The van der Waals surface area contributed by atoms with Gasteiger partial charge < -0.3 is 20.2 Å². The number of likely N-dealkylation sites (tertiary alicyclic amines) is 2. The molecule has 3 aliphatic rings. The number of carbonyl (C=O) groups is 2. The van der Waals surface area contributed by atoms with Crippen molar-refractivity contribution in [1.82, 2.24) is 24.7 Å². The molecule has 5 rings (SSSR count). The lowest BCUT2D eigenvalue weighted by atomic mass is 9.94. The zero-order valence-corrected chi connectivity index (χ0v) is 20.9. The summed E-state index contributed by atoms with van der Waals surface area (Å²) in [6.07, 6.45) is 3.86. The van der Waals surface area contributed by atoms with E-state index < -0.39 is 6.10 Å². The highest BCUT2D eigenvalue weighted by Crippen LogP contribution is 2.26. The summed E-state index contributed by atoms with van der Waals surface area (Å²) in [6.45, 7) is 3.77. The first-order chi connectivity index (χ1) is 18.0. The number of fused-ring (bicyclic) bond motifs is 1. The molecule has 0 aliphatic carbocycles. The van der Waals surface area contributed by atoms with Crippen LogP contribution in [0.4, 0.5) is 5.82 Å². The van der Waals surface area contributed by atoms with Gasteiger partial charge in [-0.05, 0) is 36.8 Å². The molecule has 0 radical (unpaired) electrons. The van der Waals surface area contributed by atoms with Crippen molar-refractivity contribution in [3.63, 3.8) is 0 Å². The summed E-state index contributed by atoms with van der Waals surface area (Å²) in [5.41, 5.74) is 3.00. The van der Waals surface area contributed by atoms with Gasteiger partial charge in [-0.1, -0.05) is 24.3 Å². The molecule has 0 saturated carbocycles. The van der Waals surface area contributed by atoms with Gasteiger partial charge in [0, 0.05) is 57.4 Å². The van der Waals surface area contributed by atoms with E-state index in [4.69, 9.17) is 5.26 Å². The maximum absolute atomic E-state index is 13.2. The maximum Gasteiger partial charge on any atom is 0.272 e. The van der Waals surface area contributed by atoms with Crippen LogP contribution in [0.25, 0.3) is 0 Å². The molecule has 10 heteroatoms. The lowest BCUT2D eigenvalue weighted by Gasteiger charge is -2.43. The Labute approximate surface area is 216 Å². The number of aliphatic hydroxyl groups is 1. The normalized spacial score (nSPS) is 22.7. The number of β-amino-alcohol motifs (C(OH)–C–C–N with tert-alkyl or cyclic N) is 1. The van der Waals surface area contributed by atoms with Crippen molar-refractivity contribution in [2.45, 2.75) is 56.8 Å². The van der Waals surface area contributed by atoms with Gasteiger partial charge in [0.15, 0.2) is 0 Å². The molecule has 2 aromatic rings. The van der Waals surface area contributed by atoms with E-state index in [0.29, 0.717) is 37.6 Å². The number of hydrogen-bond donors (Lipinski definition) is 2. The third-order valence-corrected chi connectivity index (χ3v) is 7.78. The molecule has 10 nitrogen and oxygen atoms in total. The van der Waals surface area contributed by atoms with Crippen molar-refractivity contribution in [2.75, 3.05) is 38.0 Å². The summed E-state index contributed by atoms with van der Waals surface area (Å²) in [4.78, 5) is 39.4. The van der Waals surface area contributed by atoms with E-state index in [0.717, 1.165) is 32.4 Å². The van der Waals surface area contributed by atoms with Crippen LogP contribution < -0.4 is 5.32 Å². The summed E-state index contributed by atoms with van der Waals surface area (Å²) in [5, 5.41) is 23.1. The van der Waals surface area contributed by atoms with E-state index in [-0.39, 0.29) is 36.9 Å². The van der Waals surface area contributed by atoms with Crippen LogP contribution in [0.5, 0.6) is 0 Å². The molecule has 37 heavy (non-hydrogen) atoms. The fourth-order valence-corrected chi connectivity index (χ4v) is 5.71. The van der Waals surface area contributed by atoms with Crippen molar-refractivity contribution in [1.29, 1.82) is 5.26 Å². The summed E-state index contributed by atoms with van der Waals surface area (Å²) < 4.78 is 0. The minimum Gasteiger partial charge on any atom is -0.390 e. The van der Waals surface area contributed by atoms with Gasteiger partial charge in [-0.3, -0.25) is 14.5 Å². The van der Waals surface area contributed by atoms with Gasteiger partial charge in [0.1, 0.15) is 24.3 Å². The molecule has 2 fully saturated rings. The molecule has 194 valence electrons. The molecule has 3 aliphatic heterocycles. The molecule has 2 N–H and O–H groups in total. The van der Waals surface area contributed by atoms with Crippen molar-refractivity contribution < 1.29 is 14.7 Å². The first-order valence-corrected chi connectivity index (χ1v) is 13.0. The van der Waals surface area contributed by atoms with E-state index in [1.165, 1.54) is 17.5 Å². The van der Waals surface area contributed by atoms with Crippen molar-refractivity contribution >= 4 is 17.6 Å². The van der Waals surface area contributed by atoms with Crippen molar-refractivity contribution in [3.8, 4) is 6.07 Å². The molecule has 0 bridgehead atoms. The Morgan fingerprint density at radius 1 is 1.05 bits per heavy atom. The monoisotopic (exact) mass is 503 g/mol. The van der Waals surface area contributed by atoms with Gasteiger partial charge >= 0.3 is 0 Å². The van der Waals surface area contributed by atoms with E-state index in [2.05, 4.69) is 44.5 Å².